The van der Waals surface area contributed by atoms with E-state index in [2.05, 4.69) is 65.0 Å². The Hall–Kier alpha value is -4.81. The SMILES string of the molecule is Cn1c(=O)n(C(c2ccccc2)(c2ccccc2)c2ccccc2)c2ncc(-c3ccc4cnsc4c3)cc21. The van der Waals surface area contributed by atoms with Crippen LogP contribution in [0.1, 0.15) is 16.7 Å². The fourth-order valence-electron chi connectivity index (χ4n) is 5.63. The summed E-state index contributed by atoms with van der Waals surface area (Å²) in [6.45, 7) is 0. The molecule has 0 fully saturated rings. The van der Waals surface area contributed by atoms with Gasteiger partial charge in [0.2, 0.25) is 0 Å². The summed E-state index contributed by atoms with van der Waals surface area (Å²) in [6.07, 6.45) is 3.75. The summed E-state index contributed by atoms with van der Waals surface area (Å²) in [6, 6.07) is 39.0. The largest absolute Gasteiger partial charge is 0.331 e. The van der Waals surface area contributed by atoms with Crippen LogP contribution in [0.4, 0.5) is 0 Å². The van der Waals surface area contributed by atoms with Crippen molar-refractivity contribution in [1.29, 1.82) is 0 Å². The molecule has 0 unspecified atom stereocenters. The van der Waals surface area contributed by atoms with Gasteiger partial charge in [0.05, 0.1) is 10.2 Å². The highest BCUT2D eigenvalue weighted by atomic mass is 32.1. The monoisotopic (exact) mass is 524 g/mol. The Morgan fingerprint density at radius 3 is 1.87 bits per heavy atom. The number of imidazole rings is 1. The summed E-state index contributed by atoms with van der Waals surface area (Å²) in [5.41, 5.74) is 5.28. The van der Waals surface area contributed by atoms with Crippen LogP contribution in [-0.4, -0.2) is 18.5 Å². The molecule has 0 radical (unpaired) electrons. The molecule has 0 saturated heterocycles. The lowest BCUT2D eigenvalue weighted by atomic mass is 9.76. The standard InChI is InChI=1S/C33H24N4OS/c1-36-29-19-25(23-17-18-24-22-35-39-30(24)20-23)21-34-31(29)37(32(36)38)33(26-11-5-2-6-12-26,27-13-7-3-8-14-27)28-15-9-4-10-16-28/h2-22H,1H3. The number of rotatable bonds is 5. The quantitative estimate of drug-likeness (QED) is 0.231. The zero-order valence-electron chi connectivity index (χ0n) is 21.2. The molecule has 0 aliphatic heterocycles. The summed E-state index contributed by atoms with van der Waals surface area (Å²) in [5, 5.41) is 1.12. The van der Waals surface area contributed by atoms with Gasteiger partial charge in [-0.3, -0.25) is 9.13 Å². The molecule has 3 heterocycles. The Bertz CT molecular complexity index is 1890. The molecule has 7 rings (SSSR count). The molecule has 5 nitrogen and oxygen atoms in total. The topological polar surface area (TPSA) is 52.7 Å². The molecule has 7 aromatic rings. The third-order valence-corrected chi connectivity index (χ3v) is 8.26. The van der Waals surface area contributed by atoms with Gasteiger partial charge in [-0.05, 0) is 45.9 Å². The first-order chi connectivity index (χ1) is 19.2. The number of fused-ring (bicyclic) bond motifs is 2. The van der Waals surface area contributed by atoms with Gasteiger partial charge in [0, 0.05) is 30.4 Å². The van der Waals surface area contributed by atoms with Crippen molar-refractivity contribution >= 4 is 32.8 Å². The minimum Gasteiger partial charge on any atom is -0.293 e. The van der Waals surface area contributed by atoms with E-state index in [4.69, 9.17) is 4.98 Å². The molecule has 0 aliphatic rings. The molecule has 0 saturated carbocycles. The Morgan fingerprint density at radius 1 is 0.692 bits per heavy atom. The van der Waals surface area contributed by atoms with Crippen molar-refractivity contribution in [2.45, 2.75) is 5.54 Å². The second-order valence-electron chi connectivity index (χ2n) is 9.63. The lowest BCUT2D eigenvalue weighted by molar-refractivity contribution is 0.502. The van der Waals surface area contributed by atoms with Gasteiger partial charge >= 0.3 is 5.69 Å². The van der Waals surface area contributed by atoms with E-state index in [1.165, 1.54) is 11.5 Å². The molecule has 3 aromatic heterocycles. The Balaban J connectivity index is 1.57. The molecule has 6 heteroatoms. The highest BCUT2D eigenvalue weighted by Gasteiger charge is 2.41. The maximum atomic E-state index is 14.3. The minimum absolute atomic E-state index is 0.135. The first-order valence-corrected chi connectivity index (χ1v) is 13.5. The minimum atomic E-state index is -0.934. The van der Waals surface area contributed by atoms with E-state index in [1.807, 2.05) is 78.6 Å². The first-order valence-electron chi connectivity index (χ1n) is 12.8. The molecule has 0 bridgehead atoms. The second-order valence-corrected chi connectivity index (χ2v) is 10.5. The average molecular weight is 525 g/mol. The normalized spacial score (nSPS) is 11.8. The van der Waals surface area contributed by atoms with Crippen LogP contribution in [0.3, 0.4) is 0 Å². The zero-order valence-corrected chi connectivity index (χ0v) is 22.0. The predicted octanol–water partition coefficient (Wildman–Crippen LogP) is 6.85. The molecule has 0 N–H and O–H groups in total. The Kier molecular flexibility index (Phi) is 5.49. The van der Waals surface area contributed by atoms with Crippen LogP contribution in [0.5, 0.6) is 0 Å². The number of aromatic nitrogens is 4. The third-order valence-electron chi connectivity index (χ3n) is 7.50. The molecule has 0 atom stereocenters. The number of hydrogen-bond donors (Lipinski definition) is 0. The van der Waals surface area contributed by atoms with Gasteiger partial charge in [-0.15, -0.1) is 0 Å². The highest BCUT2D eigenvalue weighted by molar-refractivity contribution is 7.13. The summed E-state index contributed by atoms with van der Waals surface area (Å²) < 4.78 is 8.99. The summed E-state index contributed by atoms with van der Waals surface area (Å²) in [5.74, 6) is 0. The number of aryl methyl sites for hydroxylation is 1. The van der Waals surface area contributed by atoms with Gasteiger partial charge in [-0.2, -0.15) is 4.37 Å². The van der Waals surface area contributed by atoms with Crippen molar-refractivity contribution in [3.8, 4) is 11.1 Å². The van der Waals surface area contributed by atoms with Crippen LogP contribution in [0.15, 0.2) is 132 Å². The maximum absolute atomic E-state index is 14.3. The van der Waals surface area contributed by atoms with E-state index < -0.39 is 5.54 Å². The van der Waals surface area contributed by atoms with E-state index >= 15 is 0 Å². The van der Waals surface area contributed by atoms with Crippen molar-refractivity contribution in [1.82, 2.24) is 18.5 Å². The van der Waals surface area contributed by atoms with Crippen molar-refractivity contribution in [3.63, 3.8) is 0 Å². The first kappa shape index (κ1) is 23.3. The lowest BCUT2D eigenvalue weighted by Crippen LogP contribution is -2.44. The molecule has 0 spiro atoms. The van der Waals surface area contributed by atoms with Gasteiger partial charge in [0.15, 0.2) is 5.65 Å². The van der Waals surface area contributed by atoms with Crippen molar-refractivity contribution in [2.24, 2.45) is 7.05 Å². The molecular weight excluding hydrogens is 500 g/mol. The summed E-state index contributed by atoms with van der Waals surface area (Å²) >= 11 is 1.48. The van der Waals surface area contributed by atoms with Crippen LogP contribution in [0.25, 0.3) is 32.4 Å². The lowest BCUT2D eigenvalue weighted by Gasteiger charge is -2.36. The van der Waals surface area contributed by atoms with Gasteiger partial charge in [0.25, 0.3) is 0 Å². The van der Waals surface area contributed by atoms with Gasteiger partial charge in [-0.25, -0.2) is 9.78 Å². The van der Waals surface area contributed by atoms with E-state index in [9.17, 15) is 4.79 Å². The van der Waals surface area contributed by atoms with E-state index in [0.29, 0.717) is 5.65 Å². The zero-order chi connectivity index (χ0) is 26.4. The molecule has 188 valence electrons. The van der Waals surface area contributed by atoms with E-state index in [1.54, 1.807) is 4.57 Å². The third kappa shape index (κ3) is 3.56. The average Bonchev–Trinajstić information content (AvgIpc) is 3.57. The Labute approximate surface area is 229 Å². The predicted molar refractivity (Wildman–Crippen MR) is 158 cm³/mol. The smallest absolute Gasteiger partial charge is 0.293 e. The number of nitrogens with zero attached hydrogens (tertiary/aromatic N) is 4. The van der Waals surface area contributed by atoms with Gasteiger partial charge in [-0.1, -0.05) is 103 Å². The van der Waals surface area contributed by atoms with Crippen molar-refractivity contribution < 1.29 is 0 Å². The van der Waals surface area contributed by atoms with Gasteiger partial charge < -0.3 is 0 Å². The van der Waals surface area contributed by atoms with Crippen molar-refractivity contribution in [3.05, 3.63) is 155 Å². The van der Waals surface area contributed by atoms with Crippen LogP contribution >= 0.6 is 11.5 Å². The van der Waals surface area contributed by atoms with Crippen LogP contribution in [-0.2, 0) is 12.6 Å². The molecular formula is C33H24N4OS. The summed E-state index contributed by atoms with van der Waals surface area (Å²) in [4.78, 5) is 19.3. The highest BCUT2D eigenvalue weighted by Crippen LogP contribution is 2.41. The second kappa shape index (κ2) is 9.19. The van der Waals surface area contributed by atoms with Crippen LogP contribution in [0, 0.1) is 0 Å². The molecule has 4 aromatic carbocycles. The van der Waals surface area contributed by atoms with E-state index in [-0.39, 0.29) is 5.69 Å². The number of hydrogen-bond acceptors (Lipinski definition) is 4. The van der Waals surface area contributed by atoms with Crippen LogP contribution < -0.4 is 5.69 Å². The maximum Gasteiger partial charge on any atom is 0.331 e. The summed E-state index contributed by atoms with van der Waals surface area (Å²) in [7, 11) is 1.82. The van der Waals surface area contributed by atoms with Crippen molar-refractivity contribution in [2.75, 3.05) is 0 Å². The number of benzene rings is 4. The van der Waals surface area contributed by atoms with Gasteiger partial charge in [0.1, 0.15) is 5.54 Å². The number of pyridine rings is 1. The fourth-order valence-corrected chi connectivity index (χ4v) is 6.32. The van der Waals surface area contributed by atoms with E-state index in [0.717, 1.165) is 43.4 Å². The Morgan fingerprint density at radius 2 is 1.28 bits per heavy atom. The fraction of sp³-hybridized carbons (Fsp3) is 0.0606. The molecule has 0 amide bonds. The molecule has 0 aliphatic carbocycles. The van der Waals surface area contributed by atoms with Crippen LogP contribution in [0.2, 0.25) is 0 Å². The molecule has 39 heavy (non-hydrogen) atoms.